The number of hydrogen-bond donors (Lipinski definition) is 1. The van der Waals surface area contributed by atoms with Crippen molar-refractivity contribution >= 4 is 56.4 Å². The Morgan fingerprint density at radius 2 is 1.58 bits per heavy atom. The van der Waals surface area contributed by atoms with Gasteiger partial charge >= 0.3 is 5.97 Å². The molecular weight excluding hydrogens is 556 g/mol. The summed E-state index contributed by atoms with van der Waals surface area (Å²) in [6.45, 7) is -0.199. The second-order valence-electron chi connectivity index (χ2n) is 9.78. The number of carbonyl (C=O) groups excluding carboxylic acids is 3. The monoisotopic (exact) mass is 580 g/mol. The van der Waals surface area contributed by atoms with Crippen molar-refractivity contribution in [3.05, 3.63) is 99.9 Å². The molecule has 0 atom stereocenters. The van der Waals surface area contributed by atoms with Crippen LogP contribution in [0.15, 0.2) is 73.1 Å². The van der Waals surface area contributed by atoms with Crippen LogP contribution in [0.1, 0.15) is 21.5 Å². The fourth-order valence-corrected chi connectivity index (χ4v) is 5.46. The molecule has 3 aromatic carbocycles. The van der Waals surface area contributed by atoms with Gasteiger partial charge in [0.2, 0.25) is 0 Å². The Kier molecular flexibility index (Phi) is 6.65. The smallest absolute Gasteiger partial charge is 0.343 e. The van der Waals surface area contributed by atoms with E-state index in [-0.39, 0.29) is 34.9 Å². The number of hydrogen-bond acceptors (Lipinski definition) is 8. The summed E-state index contributed by atoms with van der Waals surface area (Å²) >= 11 is 0. The fraction of sp³-hybridized carbons (Fsp3) is 0.129. The summed E-state index contributed by atoms with van der Waals surface area (Å²) in [5.41, 5.74) is 2.49. The summed E-state index contributed by atoms with van der Waals surface area (Å²) in [6.07, 6.45) is 3.33. The van der Waals surface area contributed by atoms with Gasteiger partial charge in [0.05, 0.1) is 41.3 Å². The van der Waals surface area contributed by atoms with Gasteiger partial charge in [0.25, 0.3) is 17.5 Å². The van der Waals surface area contributed by atoms with Gasteiger partial charge < -0.3 is 23.3 Å². The van der Waals surface area contributed by atoms with E-state index in [1.165, 1.54) is 26.4 Å². The predicted molar refractivity (Wildman–Crippen MR) is 156 cm³/mol. The van der Waals surface area contributed by atoms with Crippen LogP contribution in [0.4, 0.5) is 5.69 Å². The highest BCUT2D eigenvalue weighted by Gasteiger charge is 2.35. The quantitative estimate of drug-likeness (QED) is 0.123. The molecule has 0 aliphatic carbocycles. The summed E-state index contributed by atoms with van der Waals surface area (Å²) in [6, 6.07) is 16.5. The lowest BCUT2D eigenvalue weighted by Gasteiger charge is -2.12. The van der Waals surface area contributed by atoms with Crippen molar-refractivity contribution in [2.75, 3.05) is 14.2 Å². The number of benzene rings is 3. The molecule has 0 bridgehead atoms. The van der Waals surface area contributed by atoms with Gasteiger partial charge in [-0.25, -0.2) is 4.79 Å². The fourth-order valence-electron chi connectivity index (χ4n) is 5.46. The Morgan fingerprint density at radius 1 is 0.884 bits per heavy atom. The Bertz CT molecular complexity index is 2030. The number of aromatic nitrogens is 2. The molecule has 2 amide bonds. The summed E-state index contributed by atoms with van der Waals surface area (Å²) in [5, 5.41) is 15.0. The van der Waals surface area contributed by atoms with Gasteiger partial charge in [-0.2, -0.15) is 0 Å². The van der Waals surface area contributed by atoms with Gasteiger partial charge in [0, 0.05) is 53.5 Å². The normalized spacial score (nSPS) is 13.1. The minimum atomic E-state index is -0.645. The van der Waals surface area contributed by atoms with Crippen molar-refractivity contribution in [3.8, 4) is 11.5 Å². The molecule has 1 aliphatic rings. The van der Waals surface area contributed by atoms with Crippen LogP contribution in [0.3, 0.4) is 0 Å². The number of nitro groups is 1. The number of imide groups is 1. The van der Waals surface area contributed by atoms with Crippen LogP contribution >= 0.6 is 0 Å². The number of para-hydroxylation sites is 2. The average molecular weight is 581 g/mol. The van der Waals surface area contributed by atoms with Gasteiger partial charge in [0.15, 0.2) is 18.2 Å². The van der Waals surface area contributed by atoms with E-state index >= 15 is 0 Å². The van der Waals surface area contributed by atoms with Crippen molar-refractivity contribution < 1.29 is 33.5 Å². The minimum Gasteiger partial charge on any atom is -0.493 e. The number of non-ortho nitro benzene ring substituents is 1. The molecule has 3 heterocycles. The van der Waals surface area contributed by atoms with E-state index in [0.717, 1.165) is 0 Å². The first-order valence-electron chi connectivity index (χ1n) is 13.0. The van der Waals surface area contributed by atoms with Crippen molar-refractivity contribution in [1.29, 1.82) is 0 Å². The SMILES string of the molecule is COc1cccc(C(=O)OCn2cc(C3=C(c4cn(C)c5cc([N+](=O)[O-])ccc45)C(=O)NC3=O)c3ccccc32)c1OC. The van der Waals surface area contributed by atoms with E-state index in [9.17, 15) is 24.5 Å². The molecule has 0 radical (unpaired) electrons. The lowest BCUT2D eigenvalue weighted by Crippen LogP contribution is -2.22. The third-order valence-corrected chi connectivity index (χ3v) is 7.40. The molecule has 6 rings (SSSR count). The highest BCUT2D eigenvalue weighted by molar-refractivity contribution is 6.50. The molecule has 1 N–H and O–H groups in total. The first kappa shape index (κ1) is 27.3. The molecule has 1 aliphatic heterocycles. The van der Waals surface area contributed by atoms with Crippen molar-refractivity contribution in [2.24, 2.45) is 7.05 Å². The Morgan fingerprint density at radius 3 is 2.28 bits per heavy atom. The van der Waals surface area contributed by atoms with E-state index in [0.29, 0.717) is 38.7 Å². The standard InChI is InChI=1S/C31H24N4O8/c1-33-14-21(19-12-11-17(35(39)40)13-24(19)33)26-27(30(37)32-29(26)36)22-15-34(23-9-5-4-7-18(22)23)16-43-31(38)20-8-6-10-25(41-2)28(20)42-3/h4-15H,16H2,1-3H3,(H,32,36,37). The van der Waals surface area contributed by atoms with Crippen LogP contribution in [0, 0.1) is 10.1 Å². The zero-order valence-corrected chi connectivity index (χ0v) is 23.2. The van der Waals surface area contributed by atoms with E-state index < -0.39 is 22.7 Å². The summed E-state index contributed by atoms with van der Waals surface area (Å²) in [4.78, 5) is 50.4. The van der Waals surface area contributed by atoms with Crippen LogP contribution in [0.2, 0.25) is 0 Å². The second-order valence-corrected chi connectivity index (χ2v) is 9.78. The maximum atomic E-state index is 13.3. The molecule has 12 nitrogen and oxygen atoms in total. The van der Waals surface area contributed by atoms with Crippen molar-refractivity contribution in [2.45, 2.75) is 6.73 Å². The van der Waals surface area contributed by atoms with Crippen LogP contribution in [-0.2, 0) is 28.1 Å². The number of fused-ring (bicyclic) bond motifs is 2. The number of esters is 1. The molecular formula is C31H24N4O8. The lowest BCUT2D eigenvalue weighted by molar-refractivity contribution is -0.384. The van der Waals surface area contributed by atoms with Crippen molar-refractivity contribution in [3.63, 3.8) is 0 Å². The number of nitrogens with one attached hydrogen (secondary N) is 1. The number of rotatable bonds is 8. The Labute approximate surface area is 243 Å². The van der Waals surface area contributed by atoms with Gasteiger partial charge in [-0.3, -0.25) is 25.0 Å². The molecule has 0 spiro atoms. The number of aryl methyl sites for hydroxylation is 1. The molecule has 12 heteroatoms. The van der Waals surface area contributed by atoms with E-state index in [1.807, 2.05) is 12.1 Å². The average Bonchev–Trinajstić information content (AvgIpc) is 3.64. The summed E-state index contributed by atoms with van der Waals surface area (Å²) in [7, 11) is 4.61. The van der Waals surface area contributed by atoms with Gasteiger partial charge in [-0.05, 0) is 24.3 Å². The van der Waals surface area contributed by atoms with Gasteiger partial charge in [0.1, 0.15) is 5.56 Å². The van der Waals surface area contributed by atoms with Gasteiger partial charge in [-0.15, -0.1) is 0 Å². The summed E-state index contributed by atoms with van der Waals surface area (Å²) < 4.78 is 19.6. The highest BCUT2D eigenvalue weighted by Crippen LogP contribution is 2.39. The third kappa shape index (κ3) is 4.45. The molecule has 0 fully saturated rings. The molecule has 2 aromatic heterocycles. The number of nitrogens with zero attached hydrogens (tertiary/aromatic N) is 3. The van der Waals surface area contributed by atoms with Crippen LogP contribution in [0.25, 0.3) is 33.0 Å². The lowest BCUT2D eigenvalue weighted by atomic mass is 9.95. The number of amides is 2. The topological polar surface area (TPSA) is 144 Å². The van der Waals surface area contributed by atoms with E-state index in [2.05, 4.69) is 5.32 Å². The number of nitro benzene ring substituents is 1. The number of methoxy groups -OCH3 is 2. The highest BCUT2D eigenvalue weighted by atomic mass is 16.6. The predicted octanol–water partition coefficient (Wildman–Crippen LogP) is 4.44. The maximum absolute atomic E-state index is 13.3. The van der Waals surface area contributed by atoms with Gasteiger partial charge in [-0.1, -0.05) is 24.3 Å². The molecule has 0 saturated heterocycles. The third-order valence-electron chi connectivity index (χ3n) is 7.40. The zero-order chi connectivity index (χ0) is 30.4. The van der Waals surface area contributed by atoms with E-state index in [1.54, 1.807) is 65.0 Å². The minimum absolute atomic E-state index is 0.0920. The largest absolute Gasteiger partial charge is 0.493 e. The number of carbonyl (C=O) groups is 3. The Hall–Kier alpha value is -5.91. The molecule has 0 unspecified atom stereocenters. The zero-order valence-electron chi connectivity index (χ0n) is 23.2. The van der Waals surface area contributed by atoms with Crippen LogP contribution < -0.4 is 14.8 Å². The summed E-state index contributed by atoms with van der Waals surface area (Å²) in [5.74, 6) is -1.19. The first-order chi connectivity index (χ1) is 20.7. The first-order valence-corrected chi connectivity index (χ1v) is 13.0. The maximum Gasteiger partial charge on any atom is 0.343 e. The molecule has 216 valence electrons. The van der Waals surface area contributed by atoms with Crippen LogP contribution in [-0.4, -0.2) is 46.1 Å². The van der Waals surface area contributed by atoms with Crippen molar-refractivity contribution in [1.82, 2.24) is 14.5 Å². The Balaban J connectivity index is 1.44. The molecule has 43 heavy (non-hydrogen) atoms. The van der Waals surface area contributed by atoms with E-state index in [4.69, 9.17) is 14.2 Å². The number of ether oxygens (including phenoxy) is 3. The molecule has 5 aromatic rings. The van der Waals surface area contributed by atoms with Crippen LogP contribution in [0.5, 0.6) is 11.5 Å². The second kappa shape index (κ2) is 10.5. The molecule has 0 saturated carbocycles.